The van der Waals surface area contributed by atoms with Gasteiger partial charge < -0.3 is 10.2 Å². The monoisotopic (exact) mass is 232 g/mol. The Morgan fingerprint density at radius 3 is 2.76 bits per heavy atom. The molecule has 2 aromatic rings. The van der Waals surface area contributed by atoms with Gasteiger partial charge in [0, 0.05) is 0 Å². The molecule has 0 aliphatic heterocycles. The quantitative estimate of drug-likeness (QED) is 0.637. The van der Waals surface area contributed by atoms with Crippen LogP contribution in [0, 0.1) is 10.1 Å². The minimum atomic E-state index is -0.516. The zero-order valence-electron chi connectivity index (χ0n) is 8.61. The van der Waals surface area contributed by atoms with Gasteiger partial charge in [-0.25, -0.2) is 0 Å². The number of hydrogen-bond donors (Lipinski definition) is 1. The van der Waals surface area contributed by atoms with E-state index in [1.807, 2.05) is 0 Å². The number of anilines is 1. The molecule has 0 aliphatic carbocycles. The lowest BCUT2D eigenvalue weighted by atomic mass is 10.3. The summed E-state index contributed by atoms with van der Waals surface area (Å²) in [5.41, 5.74) is 5.82. The molecule has 86 valence electrons. The van der Waals surface area contributed by atoms with Crippen molar-refractivity contribution in [1.29, 1.82) is 0 Å². The molecule has 0 radical (unpaired) electrons. The van der Waals surface area contributed by atoms with E-state index in [0.717, 1.165) is 0 Å². The van der Waals surface area contributed by atoms with Crippen LogP contribution in [0.2, 0.25) is 0 Å². The highest BCUT2D eigenvalue weighted by Crippen LogP contribution is 2.21. The number of nitrogens with zero attached hydrogens (tertiary/aromatic N) is 3. The van der Waals surface area contributed by atoms with Gasteiger partial charge in [-0.3, -0.25) is 10.1 Å². The lowest BCUT2D eigenvalue weighted by Gasteiger charge is -1.92. The van der Waals surface area contributed by atoms with E-state index in [0.29, 0.717) is 11.5 Å². The summed E-state index contributed by atoms with van der Waals surface area (Å²) in [6, 6.07) is 4.52. The van der Waals surface area contributed by atoms with E-state index >= 15 is 0 Å². The van der Waals surface area contributed by atoms with E-state index in [1.165, 1.54) is 18.4 Å². The Hall–Kier alpha value is -2.70. The summed E-state index contributed by atoms with van der Waals surface area (Å²) < 4.78 is 4.97. The lowest BCUT2D eigenvalue weighted by Crippen LogP contribution is -1.93. The average Bonchev–Trinajstić information content (AvgIpc) is 2.76. The number of hydrogen-bond acceptors (Lipinski definition) is 6. The molecule has 0 unspecified atom stereocenters. The fourth-order valence-electron chi connectivity index (χ4n) is 1.19. The first-order valence-corrected chi connectivity index (χ1v) is 4.66. The lowest BCUT2D eigenvalue weighted by molar-refractivity contribution is -0.385. The van der Waals surface area contributed by atoms with Gasteiger partial charge in [0.2, 0.25) is 5.76 Å². The fourth-order valence-corrected chi connectivity index (χ4v) is 1.19. The molecule has 0 saturated carbocycles. The van der Waals surface area contributed by atoms with E-state index < -0.39 is 4.92 Å². The highest BCUT2D eigenvalue weighted by Gasteiger charge is 2.13. The maximum absolute atomic E-state index is 10.6. The Kier molecular flexibility index (Phi) is 2.82. The number of nitrogens with two attached hydrogens (primary N) is 1. The van der Waals surface area contributed by atoms with Crippen LogP contribution < -0.4 is 5.73 Å². The number of furan rings is 1. The SMILES string of the molecule is Nc1ccc(C=Cc2occc2[N+](=O)[O-])nn1. The summed E-state index contributed by atoms with van der Waals surface area (Å²) >= 11 is 0. The van der Waals surface area contributed by atoms with Crippen LogP contribution in [-0.4, -0.2) is 15.1 Å². The number of rotatable bonds is 3. The predicted molar refractivity (Wildman–Crippen MR) is 60.7 cm³/mol. The largest absolute Gasteiger partial charge is 0.457 e. The Bertz CT molecular complexity index is 559. The number of aromatic nitrogens is 2. The van der Waals surface area contributed by atoms with Crippen LogP contribution in [0.4, 0.5) is 11.5 Å². The highest BCUT2D eigenvalue weighted by molar-refractivity contribution is 5.69. The summed E-state index contributed by atoms with van der Waals surface area (Å²) in [5, 5.41) is 18.0. The zero-order chi connectivity index (χ0) is 12.3. The summed E-state index contributed by atoms with van der Waals surface area (Å²) in [7, 11) is 0. The third-order valence-electron chi connectivity index (χ3n) is 1.98. The topological polar surface area (TPSA) is 108 Å². The summed E-state index contributed by atoms with van der Waals surface area (Å²) in [5.74, 6) is 0.472. The maximum atomic E-state index is 10.6. The van der Waals surface area contributed by atoms with Crippen LogP contribution in [0.25, 0.3) is 12.2 Å². The molecule has 0 aliphatic rings. The Morgan fingerprint density at radius 2 is 2.12 bits per heavy atom. The molecule has 17 heavy (non-hydrogen) atoms. The Labute approximate surface area is 95.7 Å². The second-order valence-corrected chi connectivity index (χ2v) is 3.14. The third kappa shape index (κ3) is 2.46. The summed E-state index contributed by atoms with van der Waals surface area (Å²) in [6.07, 6.45) is 4.27. The van der Waals surface area contributed by atoms with Crippen molar-refractivity contribution in [3.05, 3.63) is 46.0 Å². The molecule has 2 aromatic heterocycles. The van der Waals surface area contributed by atoms with Crippen molar-refractivity contribution in [1.82, 2.24) is 10.2 Å². The first-order chi connectivity index (χ1) is 8.16. The normalized spacial score (nSPS) is 10.8. The van der Waals surface area contributed by atoms with Gasteiger partial charge in [-0.1, -0.05) is 0 Å². The molecule has 0 saturated heterocycles. The second-order valence-electron chi connectivity index (χ2n) is 3.14. The molecule has 7 nitrogen and oxygen atoms in total. The first kappa shape index (κ1) is 10.8. The highest BCUT2D eigenvalue weighted by atomic mass is 16.6. The first-order valence-electron chi connectivity index (χ1n) is 4.66. The second kappa shape index (κ2) is 4.44. The molecule has 0 fully saturated rings. The minimum Gasteiger partial charge on any atom is -0.457 e. The molecule has 7 heteroatoms. The molecule has 0 aromatic carbocycles. The van der Waals surface area contributed by atoms with Crippen LogP contribution in [0.3, 0.4) is 0 Å². The standard InChI is InChI=1S/C10H8N4O3/c11-10-4-2-7(12-13-10)1-3-9-8(14(15)16)5-6-17-9/h1-6H,(H2,11,13). The minimum absolute atomic E-state index is 0.0929. The van der Waals surface area contributed by atoms with E-state index in [-0.39, 0.29) is 11.4 Å². The smallest absolute Gasteiger partial charge is 0.314 e. The molecule has 0 spiro atoms. The molecule has 2 N–H and O–H groups in total. The van der Waals surface area contributed by atoms with Crippen molar-refractivity contribution in [2.24, 2.45) is 0 Å². The van der Waals surface area contributed by atoms with E-state index in [2.05, 4.69) is 10.2 Å². The van der Waals surface area contributed by atoms with E-state index in [4.69, 9.17) is 10.2 Å². The molecular weight excluding hydrogens is 224 g/mol. The van der Waals surface area contributed by atoms with Gasteiger partial charge in [0.15, 0.2) is 0 Å². The van der Waals surface area contributed by atoms with Gasteiger partial charge in [-0.15, -0.1) is 10.2 Å². The van der Waals surface area contributed by atoms with Gasteiger partial charge in [0.1, 0.15) is 5.82 Å². The van der Waals surface area contributed by atoms with Crippen LogP contribution in [0.5, 0.6) is 0 Å². The van der Waals surface area contributed by atoms with Crippen molar-refractivity contribution in [2.75, 3.05) is 5.73 Å². The maximum Gasteiger partial charge on any atom is 0.314 e. The zero-order valence-corrected chi connectivity index (χ0v) is 8.61. The van der Waals surface area contributed by atoms with E-state index in [1.54, 1.807) is 18.2 Å². The molecule has 0 amide bonds. The number of nitrogen functional groups attached to an aromatic ring is 1. The molecule has 2 rings (SSSR count). The van der Waals surface area contributed by atoms with Crippen molar-refractivity contribution in [2.45, 2.75) is 0 Å². The van der Waals surface area contributed by atoms with Crippen LogP contribution in [0.1, 0.15) is 11.5 Å². The van der Waals surface area contributed by atoms with Gasteiger partial charge in [-0.05, 0) is 24.3 Å². The molecule has 0 atom stereocenters. The van der Waals surface area contributed by atoms with Crippen molar-refractivity contribution < 1.29 is 9.34 Å². The van der Waals surface area contributed by atoms with Gasteiger partial charge >= 0.3 is 5.69 Å². The van der Waals surface area contributed by atoms with Crippen LogP contribution in [0.15, 0.2) is 28.9 Å². The molecule has 0 bridgehead atoms. The summed E-state index contributed by atoms with van der Waals surface area (Å²) in [6.45, 7) is 0. The van der Waals surface area contributed by atoms with Gasteiger partial charge in [0.05, 0.1) is 22.9 Å². The Morgan fingerprint density at radius 1 is 1.29 bits per heavy atom. The average molecular weight is 232 g/mol. The third-order valence-corrected chi connectivity index (χ3v) is 1.98. The van der Waals surface area contributed by atoms with Crippen LogP contribution >= 0.6 is 0 Å². The van der Waals surface area contributed by atoms with Gasteiger partial charge in [-0.2, -0.15) is 0 Å². The molecule has 2 heterocycles. The van der Waals surface area contributed by atoms with E-state index in [9.17, 15) is 10.1 Å². The summed E-state index contributed by atoms with van der Waals surface area (Å²) in [4.78, 5) is 10.1. The Balaban J connectivity index is 2.23. The predicted octanol–water partition coefficient (Wildman–Crippen LogP) is 1.73. The van der Waals surface area contributed by atoms with Crippen molar-refractivity contribution in [3.8, 4) is 0 Å². The number of nitro groups is 1. The van der Waals surface area contributed by atoms with Crippen LogP contribution in [-0.2, 0) is 0 Å². The van der Waals surface area contributed by atoms with Crippen molar-refractivity contribution >= 4 is 23.7 Å². The fraction of sp³-hybridized carbons (Fsp3) is 0. The van der Waals surface area contributed by atoms with Crippen molar-refractivity contribution in [3.63, 3.8) is 0 Å². The molecular formula is C10H8N4O3. The van der Waals surface area contributed by atoms with Gasteiger partial charge in [0.25, 0.3) is 0 Å².